The van der Waals surface area contributed by atoms with Gasteiger partial charge in [-0.15, -0.1) is 0 Å². The Morgan fingerprint density at radius 1 is 0.974 bits per heavy atom. The van der Waals surface area contributed by atoms with E-state index in [0.717, 1.165) is 22.3 Å². The van der Waals surface area contributed by atoms with E-state index in [1.54, 1.807) is 9.80 Å². The van der Waals surface area contributed by atoms with Crippen molar-refractivity contribution in [3.05, 3.63) is 95.6 Å². The molecule has 0 aliphatic carbocycles. The van der Waals surface area contributed by atoms with Gasteiger partial charge in [0.15, 0.2) is 0 Å². The molecular formula is C32H38N2O4. The summed E-state index contributed by atoms with van der Waals surface area (Å²) in [6.07, 6.45) is -0.317. The van der Waals surface area contributed by atoms with Crippen LogP contribution >= 0.6 is 0 Å². The minimum Gasteiger partial charge on any atom is -0.394 e. The SMILES string of the molecule is C[C@@H]1CN([C@@H](C)CO)C(=O)c2ccccc2-c2ccccc2CO[C@@H]1CN(C)C(=O)[C@H](C)c1ccccc1. The molecule has 0 spiro atoms. The van der Waals surface area contributed by atoms with Crippen LogP contribution in [-0.4, -0.2) is 65.6 Å². The number of carbonyl (C=O) groups excluding carboxylic acids is 2. The molecule has 3 aromatic carbocycles. The molecule has 6 heteroatoms. The van der Waals surface area contributed by atoms with Crippen LogP contribution in [0.25, 0.3) is 11.1 Å². The van der Waals surface area contributed by atoms with Gasteiger partial charge in [0.2, 0.25) is 5.91 Å². The second kappa shape index (κ2) is 12.4. The number of hydrogen-bond donors (Lipinski definition) is 1. The fraction of sp³-hybridized carbons (Fsp3) is 0.375. The molecular weight excluding hydrogens is 476 g/mol. The van der Waals surface area contributed by atoms with Crippen LogP contribution in [0.2, 0.25) is 0 Å². The fourth-order valence-corrected chi connectivity index (χ4v) is 5.13. The van der Waals surface area contributed by atoms with Gasteiger partial charge in [-0.05, 0) is 42.2 Å². The molecule has 0 aromatic heterocycles. The lowest BCUT2D eigenvalue weighted by Crippen LogP contribution is -2.48. The largest absolute Gasteiger partial charge is 0.394 e. The van der Waals surface area contributed by atoms with E-state index < -0.39 is 0 Å². The first-order valence-electron chi connectivity index (χ1n) is 13.3. The smallest absolute Gasteiger partial charge is 0.254 e. The summed E-state index contributed by atoms with van der Waals surface area (Å²) < 4.78 is 6.54. The summed E-state index contributed by atoms with van der Waals surface area (Å²) in [6.45, 7) is 6.83. The highest BCUT2D eigenvalue weighted by atomic mass is 16.5. The van der Waals surface area contributed by atoms with Crippen LogP contribution in [-0.2, 0) is 16.1 Å². The number of aliphatic hydroxyl groups excluding tert-OH is 1. The van der Waals surface area contributed by atoms with E-state index in [2.05, 4.69) is 0 Å². The van der Waals surface area contributed by atoms with E-state index in [1.165, 1.54) is 0 Å². The molecule has 200 valence electrons. The lowest BCUT2D eigenvalue weighted by molar-refractivity contribution is -0.134. The van der Waals surface area contributed by atoms with Crippen molar-refractivity contribution in [1.82, 2.24) is 9.80 Å². The van der Waals surface area contributed by atoms with Gasteiger partial charge in [-0.25, -0.2) is 0 Å². The summed E-state index contributed by atoms with van der Waals surface area (Å²) in [5, 5.41) is 10.0. The van der Waals surface area contributed by atoms with E-state index in [-0.39, 0.29) is 42.4 Å². The lowest BCUT2D eigenvalue weighted by atomic mass is 9.94. The Hall–Kier alpha value is -3.48. The zero-order valence-electron chi connectivity index (χ0n) is 22.7. The van der Waals surface area contributed by atoms with Gasteiger partial charge in [0.05, 0.1) is 31.3 Å². The number of aliphatic hydroxyl groups is 1. The molecule has 0 saturated carbocycles. The quantitative estimate of drug-likeness (QED) is 0.504. The highest BCUT2D eigenvalue weighted by Gasteiger charge is 2.32. The Bertz CT molecular complexity index is 1240. The lowest BCUT2D eigenvalue weighted by Gasteiger charge is -2.35. The first-order chi connectivity index (χ1) is 18.3. The van der Waals surface area contributed by atoms with Crippen LogP contribution in [0.4, 0.5) is 0 Å². The second-order valence-electron chi connectivity index (χ2n) is 10.4. The molecule has 38 heavy (non-hydrogen) atoms. The van der Waals surface area contributed by atoms with E-state index in [9.17, 15) is 14.7 Å². The van der Waals surface area contributed by atoms with E-state index in [1.807, 2.05) is 107 Å². The van der Waals surface area contributed by atoms with Crippen LogP contribution in [0.15, 0.2) is 78.9 Å². The average molecular weight is 515 g/mol. The molecule has 3 aromatic rings. The summed E-state index contributed by atoms with van der Waals surface area (Å²) in [5.41, 5.74) is 4.36. The molecule has 2 amide bonds. The summed E-state index contributed by atoms with van der Waals surface area (Å²) >= 11 is 0. The molecule has 1 N–H and O–H groups in total. The summed E-state index contributed by atoms with van der Waals surface area (Å²) in [7, 11) is 1.81. The highest BCUT2D eigenvalue weighted by Crippen LogP contribution is 2.31. The molecule has 0 saturated heterocycles. The number of amides is 2. The van der Waals surface area contributed by atoms with Gasteiger partial charge in [0, 0.05) is 31.6 Å². The Labute approximate surface area is 225 Å². The summed E-state index contributed by atoms with van der Waals surface area (Å²) in [5.74, 6) is -0.466. The number of likely N-dealkylation sites (N-methyl/N-ethyl adjacent to an activating group) is 1. The van der Waals surface area contributed by atoms with Crippen molar-refractivity contribution >= 4 is 11.8 Å². The number of fused-ring (bicyclic) bond motifs is 3. The number of hydrogen-bond acceptors (Lipinski definition) is 4. The Balaban J connectivity index is 1.67. The zero-order chi connectivity index (χ0) is 27.2. The van der Waals surface area contributed by atoms with Crippen molar-refractivity contribution in [1.29, 1.82) is 0 Å². The first-order valence-corrected chi connectivity index (χ1v) is 13.3. The van der Waals surface area contributed by atoms with Gasteiger partial charge in [-0.2, -0.15) is 0 Å². The van der Waals surface area contributed by atoms with Crippen molar-refractivity contribution in [2.75, 3.05) is 26.7 Å². The standard InChI is InChI=1S/C32H38N2O4/c1-22-18-34(23(2)20-35)32(37)29-17-11-10-16-28(29)27-15-9-8-14-26(27)21-38-30(22)19-33(4)31(36)24(3)25-12-6-5-7-13-25/h5-17,22-24,30,35H,18-21H2,1-4H3/t22-,23+,24-,30-/m1/s1. The van der Waals surface area contributed by atoms with Crippen molar-refractivity contribution in [3.8, 4) is 11.1 Å². The maximum absolute atomic E-state index is 13.9. The van der Waals surface area contributed by atoms with E-state index >= 15 is 0 Å². The molecule has 0 fully saturated rings. The van der Waals surface area contributed by atoms with Crippen LogP contribution < -0.4 is 0 Å². The maximum Gasteiger partial charge on any atom is 0.254 e. The van der Waals surface area contributed by atoms with Crippen LogP contribution in [0, 0.1) is 5.92 Å². The Morgan fingerprint density at radius 2 is 1.58 bits per heavy atom. The minimum absolute atomic E-state index is 0.0192. The van der Waals surface area contributed by atoms with Gasteiger partial charge in [-0.3, -0.25) is 9.59 Å². The van der Waals surface area contributed by atoms with Gasteiger partial charge >= 0.3 is 0 Å². The molecule has 0 radical (unpaired) electrons. The monoisotopic (exact) mass is 514 g/mol. The molecule has 4 atom stereocenters. The number of rotatable bonds is 6. The van der Waals surface area contributed by atoms with Gasteiger partial charge < -0.3 is 19.6 Å². The third-order valence-corrected chi connectivity index (χ3v) is 7.59. The predicted octanol–water partition coefficient (Wildman–Crippen LogP) is 4.97. The van der Waals surface area contributed by atoms with Crippen LogP contribution in [0.1, 0.15) is 48.2 Å². The Kier molecular flexibility index (Phi) is 8.97. The van der Waals surface area contributed by atoms with Crippen LogP contribution in [0.5, 0.6) is 0 Å². The maximum atomic E-state index is 13.9. The van der Waals surface area contributed by atoms with Crippen molar-refractivity contribution in [2.24, 2.45) is 5.92 Å². The predicted molar refractivity (Wildman–Crippen MR) is 150 cm³/mol. The molecule has 6 nitrogen and oxygen atoms in total. The van der Waals surface area contributed by atoms with Gasteiger partial charge in [-0.1, -0.05) is 79.7 Å². The van der Waals surface area contributed by atoms with Gasteiger partial charge in [0.1, 0.15) is 0 Å². The number of carbonyl (C=O) groups is 2. The van der Waals surface area contributed by atoms with Gasteiger partial charge in [0.25, 0.3) is 5.91 Å². The number of benzene rings is 3. The third kappa shape index (κ3) is 5.98. The number of nitrogens with zero attached hydrogens (tertiary/aromatic N) is 2. The number of ether oxygens (including phenoxy) is 1. The second-order valence-corrected chi connectivity index (χ2v) is 10.4. The highest BCUT2D eigenvalue weighted by molar-refractivity contribution is 6.01. The molecule has 1 aliphatic heterocycles. The average Bonchev–Trinajstić information content (AvgIpc) is 2.97. The molecule has 1 aliphatic rings. The molecule has 1 heterocycles. The van der Waals surface area contributed by atoms with Crippen molar-refractivity contribution < 1.29 is 19.4 Å². The van der Waals surface area contributed by atoms with Crippen molar-refractivity contribution in [3.63, 3.8) is 0 Å². The molecule has 4 rings (SSSR count). The topological polar surface area (TPSA) is 70.1 Å². The van der Waals surface area contributed by atoms with E-state index in [4.69, 9.17) is 4.74 Å². The summed E-state index contributed by atoms with van der Waals surface area (Å²) in [4.78, 5) is 30.7. The summed E-state index contributed by atoms with van der Waals surface area (Å²) in [6, 6.07) is 25.0. The molecule has 0 bridgehead atoms. The zero-order valence-corrected chi connectivity index (χ0v) is 22.7. The fourth-order valence-electron chi connectivity index (χ4n) is 5.13. The normalized spacial score (nSPS) is 19.5. The molecule has 0 unspecified atom stereocenters. The third-order valence-electron chi connectivity index (χ3n) is 7.59. The van der Waals surface area contributed by atoms with Crippen molar-refractivity contribution in [2.45, 2.75) is 45.4 Å². The first kappa shape index (κ1) is 27.6. The minimum atomic E-state index is -0.368. The van der Waals surface area contributed by atoms with Crippen LogP contribution in [0.3, 0.4) is 0 Å². The van der Waals surface area contributed by atoms with E-state index in [0.29, 0.717) is 25.3 Å². The Morgan fingerprint density at radius 3 is 2.26 bits per heavy atom.